The maximum Gasteiger partial charge on any atom is 0.335 e. The molecule has 2 aromatic carbocycles. The number of fused-ring (bicyclic) bond motifs is 1. The van der Waals surface area contributed by atoms with E-state index in [1.165, 1.54) is 0 Å². The van der Waals surface area contributed by atoms with Crippen molar-refractivity contribution >= 4 is 28.5 Å². The second kappa shape index (κ2) is 6.77. The molecule has 1 aliphatic heterocycles. The van der Waals surface area contributed by atoms with Crippen LogP contribution in [0.25, 0.3) is 33.7 Å². The maximum atomic E-state index is 11.0. The lowest BCUT2D eigenvalue weighted by atomic mass is 10.1. The van der Waals surface area contributed by atoms with Gasteiger partial charge in [0.15, 0.2) is 18.3 Å². The predicted octanol–water partition coefficient (Wildman–Crippen LogP) is 5.84. The van der Waals surface area contributed by atoms with Crippen LogP contribution >= 0.6 is 11.6 Å². The van der Waals surface area contributed by atoms with Crippen LogP contribution in [0.2, 0.25) is 5.02 Å². The molecule has 0 spiro atoms. The number of aromatic nitrogens is 1. The number of aromatic carboxylic acids is 1. The van der Waals surface area contributed by atoms with E-state index < -0.39 is 12.3 Å². The number of rotatable bonds is 4. The summed E-state index contributed by atoms with van der Waals surface area (Å²) in [5.74, 6) is -0.293. The molecule has 0 radical (unpaired) electrons. The predicted molar refractivity (Wildman–Crippen MR) is 108 cm³/mol. The summed E-state index contributed by atoms with van der Waals surface area (Å²) in [6, 6.07) is 16.1. The topological polar surface area (TPSA) is 84.7 Å². The zero-order chi connectivity index (χ0) is 20.1. The Labute approximate surface area is 170 Å². The number of carboxylic acid groups (broad SMARTS) is 1. The van der Waals surface area contributed by atoms with Crippen LogP contribution in [-0.4, -0.2) is 22.3 Å². The van der Waals surface area contributed by atoms with Crippen molar-refractivity contribution in [1.29, 1.82) is 0 Å². The number of halogens is 1. The average Bonchev–Trinajstić information content (AvgIpc) is 3.32. The molecule has 0 bridgehead atoms. The molecule has 0 amide bonds. The van der Waals surface area contributed by atoms with Crippen molar-refractivity contribution in [2.24, 2.45) is 0 Å². The summed E-state index contributed by atoms with van der Waals surface area (Å²) in [6.07, 6.45) is -0.737. The highest BCUT2D eigenvalue weighted by atomic mass is 35.5. The number of ether oxygens (including phenoxy) is 2. The van der Waals surface area contributed by atoms with E-state index in [2.05, 4.69) is 4.98 Å². The van der Waals surface area contributed by atoms with Crippen molar-refractivity contribution in [3.05, 3.63) is 70.7 Å². The zero-order valence-corrected chi connectivity index (χ0v) is 16.1. The molecule has 1 fully saturated rings. The fourth-order valence-corrected chi connectivity index (χ4v) is 3.69. The first-order valence-electron chi connectivity index (χ1n) is 9.05. The third kappa shape index (κ3) is 3.21. The largest absolute Gasteiger partial charge is 0.478 e. The monoisotopic (exact) mass is 409 g/mol. The molecule has 4 aromatic rings. The molecular weight excluding hydrogens is 394 g/mol. The highest BCUT2D eigenvalue weighted by Gasteiger charge is 2.31. The highest BCUT2D eigenvalue weighted by Crippen LogP contribution is 2.40. The first-order chi connectivity index (χ1) is 14.0. The first kappa shape index (κ1) is 18.0. The maximum absolute atomic E-state index is 11.0. The molecule has 1 aliphatic rings. The standard InChI is InChI=1S/C22H16ClNO5/c1-11-27-22(28-11)16-10-15(23)8-14-9-19(29-20(14)16)18-7-6-17(24-18)12-2-4-13(5-3-12)21(25)26/h2-11,22,24H,1H3,(H,25,26). The third-order valence-corrected chi connectivity index (χ3v) is 5.11. The molecule has 5 rings (SSSR count). The lowest BCUT2D eigenvalue weighted by Gasteiger charge is -2.33. The Hall–Kier alpha value is -3.06. The van der Waals surface area contributed by atoms with Gasteiger partial charge in [-0.05, 0) is 55.0 Å². The van der Waals surface area contributed by atoms with Crippen LogP contribution < -0.4 is 0 Å². The molecule has 0 atom stereocenters. The minimum Gasteiger partial charge on any atom is -0.478 e. The van der Waals surface area contributed by atoms with E-state index in [4.69, 9.17) is 30.6 Å². The van der Waals surface area contributed by atoms with E-state index in [0.717, 1.165) is 27.9 Å². The van der Waals surface area contributed by atoms with Crippen LogP contribution in [0, 0.1) is 0 Å². The van der Waals surface area contributed by atoms with Crippen LogP contribution in [0.4, 0.5) is 0 Å². The molecule has 1 saturated heterocycles. The molecule has 3 heterocycles. The van der Waals surface area contributed by atoms with Gasteiger partial charge < -0.3 is 24.0 Å². The summed E-state index contributed by atoms with van der Waals surface area (Å²) in [4.78, 5) is 14.3. The van der Waals surface area contributed by atoms with Crippen LogP contribution in [0.15, 0.2) is 59.0 Å². The van der Waals surface area contributed by atoms with Crippen LogP contribution in [-0.2, 0) is 9.47 Å². The minimum atomic E-state index is -0.950. The number of benzene rings is 2. The summed E-state index contributed by atoms with van der Waals surface area (Å²) in [6.45, 7) is 1.83. The normalized spacial score (nSPS) is 18.7. The Morgan fingerprint density at radius 3 is 2.45 bits per heavy atom. The van der Waals surface area contributed by atoms with Gasteiger partial charge in [0.2, 0.25) is 0 Å². The number of H-pyrrole nitrogens is 1. The molecule has 6 nitrogen and oxygen atoms in total. The van der Waals surface area contributed by atoms with Gasteiger partial charge in [-0.3, -0.25) is 0 Å². The number of hydrogen-bond acceptors (Lipinski definition) is 4. The summed E-state index contributed by atoms with van der Waals surface area (Å²) in [7, 11) is 0. The molecule has 146 valence electrons. The lowest BCUT2D eigenvalue weighted by Crippen LogP contribution is -2.31. The molecule has 2 aromatic heterocycles. The van der Waals surface area contributed by atoms with E-state index >= 15 is 0 Å². The quantitative estimate of drug-likeness (QED) is 0.442. The van der Waals surface area contributed by atoms with Gasteiger partial charge in [0, 0.05) is 16.1 Å². The van der Waals surface area contributed by atoms with E-state index in [-0.39, 0.29) is 11.9 Å². The van der Waals surface area contributed by atoms with Crippen molar-refractivity contribution in [1.82, 2.24) is 4.98 Å². The SMILES string of the molecule is CC1OC(c2cc(Cl)cc3cc(-c4ccc(-c5ccc(C(=O)O)cc5)[nH]4)oc23)O1. The fourth-order valence-electron chi connectivity index (χ4n) is 3.45. The number of carbonyl (C=O) groups is 1. The van der Waals surface area contributed by atoms with Crippen molar-refractivity contribution < 1.29 is 23.8 Å². The van der Waals surface area contributed by atoms with Gasteiger partial charge in [0.1, 0.15) is 5.58 Å². The van der Waals surface area contributed by atoms with E-state index in [1.807, 2.05) is 31.2 Å². The Kier molecular flexibility index (Phi) is 4.20. The summed E-state index contributed by atoms with van der Waals surface area (Å²) in [5.41, 5.74) is 4.21. The van der Waals surface area contributed by atoms with Gasteiger partial charge in [-0.15, -0.1) is 0 Å². The molecule has 0 unspecified atom stereocenters. The number of aromatic amines is 1. The molecular formula is C22H16ClNO5. The number of furan rings is 1. The van der Waals surface area contributed by atoms with Gasteiger partial charge >= 0.3 is 5.97 Å². The lowest BCUT2D eigenvalue weighted by molar-refractivity contribution is -0.382. The second-order valence-electron chi connectivity index (χ2n) is 6.86. The van der Waals surface area contributed by atoms with E-state index in [1.54, 1.807) is 30.3 Å². The molecule has 7 heteroatoms. The summed E-state index contributed by atoms with van der Waals surface area (Å²) >= 11 is 6.26. The third-order valence-electron chi connectivity index (χ3n) is 4.89. The number of carboxylic acids is 1. The minimum absolute atomic E-state index is 0.247. The first-order valence-corrected chi connectivity index (χ1v) is 9.43. The van der Waals surface area contributed by atoms with Gasteiger partial charge in [0.25, 0.3) is 0 Å². The van der Waals surface area contributed by atoms with Crippen molar-refractivity contribution in [3.8, 4) is 22.7 Å². The van der Waals surface area contributed by atoms with E-state index in [0.29, 0.717) is 16.4 Å². The summed E-state index contributed by atoms with van der Waals surface area (Å²) < 4.78 is 17.3. The Balaban J connectivity index is 1.50. The van der Waals surface area contributed by atoms with Crippen LogP contribution in [0.1, 0.15) is 29.1 Å². The smallest absolute Gasteiger partial charge is 0.335 e. The van der Waals surface area contributed by atoms with Crippen molar-refractivity contribution in [3.63, 3.8) is 0 Å². The van der Waals surface area contributed by atoms with Crippen molar-refractivity contribution in [2.75, 3.05) is 0 Å². The number of nitrogens with one attached hydrogen (secondary N) is 1. The zero-order valence-electron chi connectivity index (χ0n) is 15.3. The van der Waals surface area contributed by atoms with Crippen LogP contribution in [0.3, 0.4) is 0 Å². The fraction of sp³-hybridized carbons (Fsp3) is 0.136. The summed E-state index contributed by atoms with van der Waals surface area (Å²) in [5, 5.41) is 10.5. The van der Waals surface area contributed by atoms with Crippen LogP contribution in [0.5, 0.6) is 0 Å². The van der Waals surface area contributed by atoms with Gasteiger partial charge in [-0.2, -0.15) is 0 Å². The molecule has 2 N–H and O–H groups in total. The Morgan fingerprint density at radius 2 is 1.76 bits per heavy atom. The van der Waals surface area contributed by atoms with Gasteiger partial charge in [-0.1, -0.05) is 23.7 Å². The molecule has 0 saturated carbocycles. The molecule has 0 aliphatic carbocycles. The van der Waals surface area contributed by atoms with Crippen molar-refractivity contribution in [2.45, 2.75) is 19.5 Å². The second-order valence-corrected chi connectivity index (χ2v) is 7.30. The van der Waals surface area contributed by atoms with Gasteiger partial charge in [-0.25, -0.2) is 4.79 Å². The van der Waals surface area contributed by atoms with Gasteiger partial charge in [0.05, 0.1) is 16.8 Å². The Bertz CT molecular complexity index is 1220. The van der Waals surface area contributed by atoms with E-state index in [9.17, 15) is 4.79 Å². The Morgan fingerprint density at radius 1 is 1.03 bits per heavy atom. The highest BCUT2D eigenvalue weighted by molar-refractivity contribution is 6.31. The number of hydrogen-bond donors (Lipinski definition) is 2. The average molecular weight is 410 g/mol. The molecule has 29 heavy (non-hydrogen) atoms.